The van der Waals surface area contributed by atoms with Crippen molar-refractivity contribution in [2.45, 2.75) is 26.4 Å². The van der Waals surface area contributed by atoms with Crippen LogP contribution < -0.4 is 10.1 Å². The fraction of sp³-hybridized carbons (Fsp3) is 0.429. The molecule has 0 fully saturated rings. The van der Waals surface area contributed by atoms with Crippen molar-refractivity contribution < 1.29 is 9.47 Å². The van der Waals surface area contributed by atoms with Crippen molar-refractivity contribution in [1.29, 1.82) is 0 Å². The lowest BCUT2D eigenvalue weighted by atomic mass is 10.0. The Morgan fingerprint density at radius 2 is 2.00 bits per heavy atom. The van der Waals surface area contributed by atoms with E-state index in [2.05, 4.69) is 46.4 Å². The van der Waals surface area contributed by atoms with Crippen LogP contribution in [-0.2, 0) is 24.2 Å². The van der Waals surface area contributed by atoms with Gasteiger partial charge in [0, 0.05) is 38.5 Å². The number of halogens is 1. The first-order chi connectivity index (χ1) is 13.3. The summed E-state index contributed by atoms with van der Waals surface area (Å²) in [6.45, 7) is 6.32. The summed E-state index contributed by atoms with van der Waals surface area (Å²) >= 11 is 0. The molecule has 0 radical (unpaired) electrons. The molecule has 3 rings (SSSR count). The van der Waals surface area contributed by atoms with Gasteiger partial charge in [-0.2, -0.15) is 0 Å². The van der Waals surface area contributed by atoms with E-state index in [1.54, 1.807) is 13.3 Å². The zero-order chi connectivity index (χ0) is 18.9. The minimum absolute atomic E-state index is 0. The number of hydrogen-bond acceptors (Lipinski definition) is 4. The molecule has 7 heteroatoms. The molecule has 1 aromatic heterocycles. The van der Waals surface area contributed by atoms with Gasteiger partial charge in [-0.15, -0.1) is 24.0 Å². The van der Waals surface area contributed by atoms with Gasteiger partial charge in [0.2, 0.25) is 5.88 Å². The molecule has 0 unspecified atom stereocenters. The van der Waals surface area contributed by atoms with Crippen LogP contribution in [0.15, 0.2) is 47.6 Å². The fourth-order valence-electron chi connectivity index (χ4n) is 3.16. The van der Waals surface area contributed by atoms with E-state index in [9.17, 15) is 0 Å². The average Bonchev–Trinajstić information content (AvgIpc) is 2.72. The summed E-state index contributed by atoms with van der Waals surface area (Å²) in [5, 5.41) is 3.42. The molecule has 1 aliphatic rings. The van der Waals surface area contributed by atoms with Crippen LogP contribution in [0.1, 0.15) is 23.6 Å². The molecule has 0 bridgehead atoms. The van der Waals surface area contributed by atoms with E-state index in [-0.39, 0.29) is 24.0 Å². The van der Waals surface area contributed by atoms with E-state index in [1.165, 1.54) is 11.1 Å². The van der Waals surface area contributed by atoms with Crippen molar-refractivity contribution in [2.75, 3.05) is 33.4 Å². The molecule has 2 heterocycles. The second kappa shape index (κ2) is 11.9. The molecular formula is C21H29IN4O2. The molecular weight excluding hydrogens is 467 g/mol. The highest BCUT2D eigenvalue weighted by molar-refractivity contribution is 14.0. The molecule has 2 aromatic rings. The number of aliphatic imine (C=N–C) groups is 1. The largest absolute Gasteiger partial charge is 0.475 e. The number of nitrogens with zero attached hydrogens (tertiary/aromatic N) is 3. The molecule has 1 N–H and O–H groups in total. The highest BCUT2D eigenvalue weighted by Crippen LogP contribution is 2.19. The Bertz CT molecular complexity index is 770. The summed E-state index contributed by atoms with van der Waals surface area (Å²) in [4.78, 5) is 11.5. The lowest BCUT2D eigenvalue weighted by molar-refractivity contribution is 0.143. The van der Waals surface area contributed by atoms with Crippen molar-refractivity contribution in [3.8, 4) is 5.88 Å². The maximum atomic E-state index is 5.72. The molecule has 0 amide bonds. The number of benzene rings is 1. The normalized spacial score (nSPS) is 13.5. The minimum atomic E-state index is 0. The molecule has 0 saturated heterocycles. The van der Waals surface area contributed by atoms with Crippen LogP contribution in [0.5, 0.6) is 5.88 Å². The van der Waals surface area contributed by atoms with Crippen LogP contribution >= 0.6 is 24.0 Å². The molecule has 0 atom stereocenters. The summed E-state index contributed by atoms with van der Waals surface area (Å²) < 4.78 is 10.8. The maximum Gasteiger partial charge on any atom is 0.218 e. The van der Waals surface area contributed by atoms with E-state index >= 15 is 0 Å². The average molecular weight is 496 g/mol. The summed E-state index contributed by atoms with van der Waals surface area (Å²) in [7, 11) is 1.66. The minimum Gasteiger partial charge on any atom is -0.475 e. The lowest BCUT2D eigenvalue weighted by Gasteiger charge is -2.31. The zero-order valence-corrected chi connectivity index (χ0v) is 18.9. The third-order valence-electron chi connectivity index (χ3n) is 4.54. The number of aromatic nitrogens is 1. The Balaban J connectivity index is 0.00000280. The quantitative estimate of drug-likeness (QED) is 0.276. The van der Waals surface area contributed by atoms with Gasteiger partial charge in [-0.3, -0.25) is 0 Å². The second-order valence-corrected chi connectivity index (χ2v) is 6.42. The van der Waals surface area contributed by atoms with Gasteiger partial charge in [-0.05, 0) is 30.5 Å². The standard InChI is InChI=1S/C21H28N4O2.HI/c1-3-22-21(25-12-10-17-7-4-5-8-19(17)16-25)24-15-18-9-6-11-23-20(18)27-14-13-26-2;/h4-9,11H,3,10,12-16H2,1-2H3,(H,22,24);1H. The molecule has 0 saturated carbocycles. The van der Waals surface area contributed by atoms with Crippen molar-refractivity contribution in [2.24, 2.45) is 4.99 Å². The van der Waals surface area contributed by atoms with Crippen molar-refractivity contribution >= 4 is 29.9 Å². The number of rotatable bonds is 7. The molecule has 1 aliphatic heterocycles. The highest BCUT2D eigenvalue weighted by atomic mass is 127. The first-order valence-corrected chi connectivity index (χ1v) is 9.47. The number of hydrogen-bond donors (Lipinski definition) is 1. The SMILES string of the molecule is CCNC(=NCc1cccnc1OCCOC)N1CCc2ccccc2C1.I. The van der Waals surface area contributed by atoms with Crippen LogP contribution in [0.2, 0.25) is 0 Å². The van der Waals surface area contributed by atoms with Crippen molar-refractivity contribution in [3.63, 3.8) is 0 Å². The van der Waals surface area contributed by atoms with Crippen LogP contribution in [0, 0.1) is 0 Å². The van der Waals surface area contributed by atoms with Gasteiger partial charge in [0.25, 0.3) is 0 Å². The van der Waals surface area contributed by atoms with Gasteiger partial charge in [-0.1, -0.05) is 30.3 Å². The molecule has 152 valence electrons. The summed E-state index contributed by atoms with van der Waals surface area (Å²) in [6, 6.07) is 12.6. The molecule has 1 aromatic carbocycles. The van der Waals surface area contributed by atoms with Gasteiger partial charge < -0.3 is 19.7 Å². The monoisotopic (exact) mass is 496 g/mol. The van der Waals surface area contributed by atoms with E-state index < -0.39 is 0 Å². The van der Waals surface area contributed by atoms with Gasteiger partial charge >= 0.3 is 0 Å². The first-order valence-electron chi connectivity index (χ1n) is 9.47. The number of fused-ring (bicyclic) bond motifs is 1. The molecule has 0 spiro atoms. The summed E-state index contributed by atoms with van der Waals surface area (Å²) in [5.74, 6) is 1.55. The fourth-order valence-corrected chi connectivity index (χ4v) is 3.16. The van der Waals surface area contributed by atoms with Gasteiger partial charge in [0.05, 0.1) is 13.2 Å². The van der Waals surface area contributed by atoms with Crippen LogP contribution in [-0.4, -0.2) is 49.3 Å². The third-order valence-corrected chi connectivity index (χ3v) is 4.54. The van der Waals surface area contributed by atoms with E-state index in [0.29, 0.717) is 25.6 Å². The maximum absolute atomic E-state index is 5.72. The van der Waals surface area contributed by atoms with Crippen LogP contribution in [0.4, 0.5) is 0 Å². The predicted molar refractivity (Wildman–Crippen MR) is 122 cm³/mol. The van der Waals surface area contributed by atoms with Crippen LogP contribution in [0.25, 0.3) is 0 Å². The van der Waals surface area contributed by atoms with Gasteiger partial charge in [0.15, 0.2) is 5.96 Å². The Labute approximate surface area is 184 Å². The van der Waals surface area contributed by atoms with Gasteiger partial charge in [0.1, 0.15) is 6.61 Å². The number of methoxy groups -OCH3 is 1. The van der Waals surface area contributed by atoms with Crippen molar-refractivity contribution in [3.05, 3.63) is 59.3 Å². The molecule has 6 nitrogen and oxygen atoms in total. The Morgan fingerprint density at radius 3 is 2.79 bits per heavy atom. The highest BCUT2D eigenvalue weighted by Gasteiger charge is 2.18. The Morgan fingerprint density at radius 1 is 1.18 bits per heavy atom. The smallest absolute Gasteiger partial charge is 0.218 e. The van der Waals surface area contributed by atoms with E-state index in [4.69, 9.17) is 14.5 Å². The Kier molecular flexibility index (Phi) is 9.49. The second-order valence-electron chi connectivity index (χ2n) is 6.42. The number of guanidine groups is 1. The lowest BCUT2D eigenvalue weighted by Crippen LogP contribution is -2.44. The topological polar surface area (TPSA) is 59.0 Å². The third kappa shape index (κ3) is 6.07. The first kappa shape index (κ1) is 22.4. The van der Waals surface area contributed by atoms with Gasteiger partial charge in [-0.25, -0.2) is 9.98 Å². The molecule has 0 aliphatic carbocycles. The van der Waals surface area contributed by atoms with E-state index in [0.717, 1.165) is 37.6 Å². The van der Waals surface area contributed by atoms with Crippen LogP contribution in [0.3, 0.4) is 0 Å². The zero-order valence-electron chi connectivity index (χ0n) is 16.6. The number of ether oxygens (including phenoxy) is 2. The number of pyridine rings is 1. The number of nitrogens with one attached hydrogen (secondary N) is 1. The Hall–Kier alpha value is -1.87. The van der Waals surface area contributed by atoms with E-state index in [1.807, 2.05) is 12.1 Å². The van der Waals surface area contributed by atoms with Crippen molar-refractivity contribution in [1.82, 2.24) is 15.2 Å². The summed E-state index contributed by atoms with van der Waals surface area (Å²) in [6.07, 6.45) is 2.78. The molecule has 28 heavy (non-hydrogen) atoms. The predicted octanol–water partition coefficient (Wildman–Crippen LogP) is 3.25. The summed E-state index contributed by atoms with van der Waals surface area (Å²) in [5.41, 5.74) is 3.78.